The second-order valence-corrected chi connectivity index (χ2v) is 6.10. The number of aliphatic carboxylic acids is 1. The summed E-state index contributed by atoms with van der Waals surface area (Å²) in [5.41, 5.74) is -2.25. The Morgan fingerprint density at radius 3 is 1.58 bits per heavy atom. The van der Waals surface area contributed by atoms with Crippen LogP contribution in [0.1, 0.15) is 20.8 Å². The molecule has 0 bridgehead atoms. The molecule has 0 amide bonds. The van der Waals surface area contributed by atoms with Crippen LogP contribution in [0.3, 0.4) is 0 Å². The third-order valence-corrected chi connectivity index (χ3v) is 2.87. The number of halogens is 9. The Balaban J connectivity index is 6.10. The molecule has 4 nitrogen and oxygen atoms in total. The summed E-state index contributed by atoms with van der Waals surface area (Å²) in [6.45, 7) is 2.09. The minimum atomic E-state index is -7.15. The van der Waals surface area contributed by atoms with Gasteiger partial charge < -0.3 is 14.6 Å². The van der Waals surface area contributed by atoms with Gasteiger partial charge in [0.05, 0.1) is 5.97 Å². The zero-order valence-electron chi connectivity index (χ0n) is 13.3. The lowest BCUT2D eigenvalue weighted by atomic mass is 9.81. The van der Waals surface area contributed by atoms with Crippen molar-refractivity contribution in [3.63, 3.8) is 0 Å². The van der Waals surface area contributed by atoms with Crippen molar-refractivity contribution < 1.29 is 58.9 Å². The molecule has 1 unspecified atom stereocenters. The molecule has 26 heavy (non-hydrogen) atoms. The molecule has 1 atom stereocenters. The van der Waals surface area contributed by atoms with Crippen LogP contribution in [0.15, 0.2) is 12.2 Å². The lowest BCUT2D eigenvalue weighted by Gasteiger charge is -2.41. The van der Waals surface area contributed by atoms with Crippen molar-refractivity contribution in [2.24, 2.45) is 5.41 Å². The molecule has 0 aromatic rings. The maximum absolute atomic E-state index is 14.0. The van der Waals surface area contributed by atoms with Crippen LogP contribution in [0.5, 0.6) is 0 Å². The van der Waals surface area contributed by atoms with Gasteiger partial charge in [0, 0.05) is 11.5 Å². The monoisotopic (exact) mass is 403 g/mol. The van der Waals surface area contributed by atoms with E-state index in [1.807, 2.05) is 0 Å². The first kappa shape index (κ1) is 24.1. The van der Waals surface area contributed by atoms with E-state index in [9.17, 15) is 54.2 Å². The van der Waals surface area contributed by atoms with Crippen molar-refractivity contribution in [1.29, 1.82) is 0 Å². The van der Waals surface area contributed by atoms with Crippen LogP contribution in [0.2, 0.25) is 0 Å². The van der Waals surface area contributed by atoms with Gasteiger partial charge in [-0.05, 0) is 6.08 Å². The summed E-state index contributed by atoms with van der Waals surface area (Å²) in [6.07, 6.45) is -10.6. The lowest BCUT2D eigenvalue weighted by molar-refractivity contribution is -0.409. The highest BCUT2D eigenvalue weighted by Gasteiger charge is 2.84. The normalized spacial score (nSPS) is 15.8. The molecular formula is C13H12F9O4-. The maximum Gasteiger partial charge on any atom is 0.460 e. The summed E-state index contributed by atoms with van der Waals surface area (Å²) in [5.74, 6) is -24.3. The molecule has 152 valence electrons. The highest BCUT2D eigenvalue weighted by Crippen LogP contribution is 2.56. The van der Waals surface area contributed by atoms with Crippen LogP contribution < -0.4 is 5.11 Å². The van der Waals surface area contributed by atoms with Gasteiger partial charge in [0.1, 0.15) is 0 Å². The van der Waals surface area contributed by atoms with Gasteiger partial charge >= 0.3 is 29.9 Å². The Morgan fingerprint density at radius 1 is 0.846 bits per heavy atom. The van der Waals surface area contributed by atoms with E-state index in [2.05, 4.69) is 4.74 Å². The first-order valence-corrected chi connectivity index (χ1v) is 6.49. The molecule has 0 aliphatic heterocycles. The van der Waals surface area contributed by atoms with Gasteiger partial charge in [0.15, 0.2) is 6.10 Å². The number of hydrogen-bond donors (Lipinski definition) is 0. The molecule has 13 heteroatoms. The van der Waals surface area contributed by atoms with Crippen molar-refractivity contribution >= 4 is 11.9 Å². The number of ether oxygens (including phenoxy) is 1. The summed E-state index contributed by atoms with van der Waals surface area (Å²) in [5, 5.41) is 10.1. The van der Waals surface area contributed by atoms with Gasteiger partial charge in [-0.15, -0.1) is 0 Å². The number of esters is 1. The smallest absolute Gasteiger partial charge is 0.460 e. The zero-order chi connectivity index (χ0) is 21.4. The van der Waals surface area contributed by atoms with E-state index in [4.69, 9.17) is 0 Å². The third-order valence-electron chi connectivity index (χ3n) is 2.87. The van der Waals surface area contributed by atoms with Crippen LogP contribution in [-0.4, -0.2) is 42.0 Å². The number of carboxylic acids is 1. The Bertz CT molecular complexity index is 573. The topological polar surface area (TPSA) is 66.4 Å². The van der Waals surface area contributed by atoms with E-state index < -0.39 is 47.4 Å². The predicted octanol–water partition coefficient (Wildman–Crippen LogP) is 2.72. The molecule has 0 aromatic heterocycles. The van der Waals surface area contributed by atoms with Crippen molar-refractivity contribution in [2.45, 2.75) is 50.8 Å². The fraction of sp³-hybridized carbons (Fsp3) is 0.692. The van der Waals surface area contributed by atoms with Crippen LogP contribution in [0.25, 0.3) is 0 Å². The minimum Gasteiger partial charge on any atom is -0.545 e. The van der Waals surface area contributed by atoms with Gasteiger partial charge in [-0.3, -0.25) is 0 Å². The summed E-state index contributed by atoms with van der Waals surface area (Å²) in [4.78, 5) is 21.3. The molecule has 0 spiro atoms. The fourth-order valence-electron chi connectivity index (χ4n) is 1.64. The van der Waals surface area contributed by atoms with Crippen molar-refractivity contribution in [1.82, 2.24) is 0 Å². The number of carbonyl (C=O) groups excluding carboxylic acids is 2. The van der Waals surface area contributed by atoms with Gasteiger partial charge in [-0.1, -0.05) is 20.8 Å². The first-order valence-electron chi connectivity index (χ1n) is 6.49. The number of carboxylic acid groups (broad SMARTS) is 1. The number of rotatable bonds is 6. The standard InChI is InChI=1S/C13H13F9O4/c1-9(2,3)8(26-7(25)5-4-6(23)24)10(14,15)11(16,17)12(18,19)13(20,21)22/h4-5,8H,1-3H3,(H,23,24)/p-1/b5-4+. The number of carbonyl (C=O) groups is 2. The molecule has 0 saturated carbocycles. The number of alkyl halides is 9. The summed E-state index contributed by atoms with van der Waals surface area (Å²) < 4.78 is 121. The Hall–Kier alpha value is -1.95. The predicted molar refractivity (Wildman–Crippen MR) is 64.4 cm³/mol. The summed E-state index contributed by atoms with van der Waals surface area (Å²) in [6, 6.07) is 0. The molecule has 0 N–H and O–H groups in total. The average Bonchev–Trinajstić information content (AvgIpc) is 2.39. The van der Waals surface area contributed by atoms with Gasteiger partial charge in [0.2, 0.25) is 0 Å². The SMILES string of the molecule is CC(C)(C)C(OC(=O)/C=C/C(=O)[O-])C(F)(F)C(F)(F)C(F)(F)C(F)(F)F. The van der Waals surface area contributed by atoms with Gasteiger partial charge in [0.25, 0.3) is 0 Å². The van der Waals surface area contributed by atoms with E-state index in [-0.39, 0.29) is 12.2 Å². The van der Waals surface area contributed by atoms with E-state index in [0.717, 1.165) is 0 Å². The van der Waals surface area contributed by atoms with E-state index >= 15 is 0 Å². The second-order valence-electron chi connectivity index (χ2n) is 6.10. The fourth-order valence-corrected chi connectivity index (χ4v) is 1.64. The lowest BCUT2D eigenvalue weighted by Crippen LogP contribution is -2.66. The van der Waals surface area contributed by atoms with Gasteiger partial charge in [-0.25, -0.2) is 4.79 Å². The Morgan fingerprint density at radius 2 is 1.27 bits per heavy atom. The molecule has 0 aliphatic carbocycles. The van der Waals surface area contributed by atoms with Crippen LogP contribution in [0, 0.1) is 5.41 Å². The first-order chi connectivity index (χ1) is 11.2. The summed E-state index contributed by atoms with van der Waals surface area (Å²) in [7, 11) is 0. The Kier molecular flexibility index (Phi) is 6.46. The van der Waals surface area contributed by atoms with Crippen molar-refractivity contribution in [2.75, 3.05) is 0 Å². The van der Waals surface area contributed by atoms with Crippen molar-refractivity contribution in [3.05, 3.63) is 12.2 Å². The molecule has 0 rings (SSSR count). The second kappa shape index (κ2) is 6.99. The van der Waals surface area contributed by atoms with Crippen LogP contribution >= 0.6 is 0 Å². The average molecular weight is 403 g/mol. The molecule has 0 saturated heterocycles. The maximum atomic E-state index is 14.0. The molecule has 0 aliphatic rings. The summed E-state index contributed by atoms with van der Waals surface area (Å²) >= 11 is 0. The molecular weight excluding hydrogens is 391 g/mol. The van der Waals surface area contributed by atoms with Crippen molar-refractivity contribution in [3.8, 4) is 0 Å². The molecule has 0 radical (unpaired) electrons. The minimum absolute atomic E-state index is 0.0529. The van der Waals surface area contributed by atoms with E-state index in [1.165, 1.54) is 0 Å². The van der Waals surface area contributed by atoms with Crippen LogP contribution in [0.4, 0.5) is 39.5 Å². The number of hydrogen-bond acceptors (Lipinski definition) is 4. The zero-order valence-corrected chi connectivity index (χ0v) is 13.3. The molecule has 0 heterocycles. The van der Waals surface area contributed by atoms with E-state index in [0.29, 0.717) is 20.8 Å². The third kappa shape index (κ3) is 4.61. The molecule has 0 aromatic carbocycles. The quantitative estimate of drug-likeness (QED) is 0.389. The highest BCUT2D eigenvalue weighted by molar-refractivity contribution is 5.90. The molecule has 0 fully saturated rings. The van der Waals surface area contributed by atoms with E-state index in [1.54, 1.807) is 0 Å². The highest BCUT2D eigenvalue weighted by atomic mass is 19.4. The largest absolute Gasteiger partial charge is 0.545 e. The Labute approximate surface area is 140 Å². The van der Waals surface area contributed by atoms with Crippen LogP contribution in [-0.2, 0) is 14.3 Å². The van der Waals surface area contributed by atoms with Gasteiger partial charge in [-0.2, -0.15) is 39.5 Å².